The topological polar surface area (TPSA) is 109 Å². The summed E-state index contributed by atoms with van der Waals surface area (Å²) < 4.78 is 5.28. The average molecular weight is 394 g/mol. The van der Waals surface area contributed by atoms with Crippen molar-refractivity contribution in [2.24, 2.45) is 5.73 Å². The summed E-state index contributed by atoms with van der Waals surface area (Å²) in [5, 5.41) is 3.86. The van der Waals surface area contributed by atoms with Crippen LogP contribution in [0.25, 0.3) is 11.0 Å². The molecule has 29 heavy (non-hydrogen) atoms. The number of hydrogen-bond donors (Lipinski definition) is 3. The minimum absolute atomic E-state index is 0.239. The number of H-pyrrole nitrogens is 1. The van der Waals surface area contributed by atoms with Gasteiger partial charge in [-0.1, -0.05) is 37.3 Å². The van der Waals surface area contributed by atoms with Gasteiger partial charge in [-0.2, -0.15) is 0 Å². The van der Waals surface area contributed by atoms with E-state index in [9.17, 15) is 4.79 Å². The van der Waals surface area contributed by atoms with Crippen LogP contribution in [0, 0.1) is 0 Å². The van der Waals surface area contributed by atoms with Crippen LogP contribution in [-0.2, 0) is 17.8 Å². The first-order chi connectivity index (χ1) is 14.1. The number of carbonyl (C=O) groups is 1. The van der Waals surface area contributed by atoms with E-state index in [2.05, 4.69) is 32.1 Å². The lowest BCUT2D eigenvalue weighted by molar-refractivity contribution is 0.137. The molecular formula is C21H26N6O2. The van der Waals surface area contributed by atoms with Gasteiger partial charge in [-0.05, 0) is 24.0 Å². The molecule has 8 nitrogen and oxygen atoms in total. The van der Waals surface area contributed by atoms with Crippen molar-refractivity contribution in [3.05, 3.63) is 54.0 Å². The van der Waals surface area contributed by atoms with E-state index in [1.165, 1.54) is 5.56 Å². The van der Waals surface area contributed by atoms with Crippen molar-refractivity contribution in [1.29, 1.82) is 0 Å². The van der Waals surface area contributed by atoms with E-state index in [1.54, 1.807) is 6.33 Å². The van der Waals surface area contributed by atoms with Crippen LogP contribution in [0.3, 0.4) is 0 Å². The second-order valence-electron chi connectivity index (χ2n) is 7.54. The maximum atomic E-state index is 12.1. The third-order valence-electron chi connectivity index (χ3n) is 5.39. The number of aromatic nitrogens is 3. The fourth-order valence-corrected chi connectivity index (χ4v) is 3.77. The normalized spacial score (nSPS) is 18.9. The van der Waals surface area contributed by atoms with Crippen molar-refractivity contribution in [2.45, 2.75) is 31.9 Å². The Kier molecular flexibility index (Phi) is 5.35. The number of nitrogens with zero attached hydrogens (tertiary/aromatic N) is 3. The Labute approximate surface area is 169 Å². The monoisotopic (exact) mass is 394 g/mol. The molecule has 8 heteroatoms. The van der Waals surface area contributed by atoms with E-state index in [-0.39, 0.29) is 6.61 Å². The number of ether oxygens (including phenoxy) is 1. The van der Waals surface area contributed by atoms with Gasteiger partial charge in [-0.15, -0.1) is 0 Å². The molecule has 2 aromatic heterocycles. The lowest BCUT2D eigenvalue weighted by atomic mass is 10.0. The molecule has 0 bridgehead atoms. The van der Waals surface area contributed by atoms with Crippen LogP contribution in [0.1, 0.15) is 24.5 Å². The first kappa shape index (κ1) is 19.2. The van der Waals surface area contributed by atoms with Gasteiger partial charge < -0.3 is 25.7 Å². The lowest BCUT2D eigenvalue weighted by Gasteiger charge is -2.25. The molecule has 3 aromatic rings. The summed E-state index contributed by atoms with van der Waals surface area (Å²) in [6.45, 7) is 4.08. The molecule has 1 unspecified atom stereocenters. The van der Waals surface area contributed by atoms with E-state index < -0.39 is 11.6 Å². The maximum absolute atomic E-state index is 12.1. The smallest absolute Gasteiger partial charge is 0.407 e. The van der Waals surface area contributed by atoms with Crippen molar-refractivity contribution in [2.75, 3.05) is 24.5 Å². The molecule has 4 N–H and O–H groups in total. The fourth-order valence-electron chi connectivity index (χ4n) is 3.77. The first-order valence-corrected chi connectivity index (χ1v) is 9.87. The number of carbonyl (C=O) groups excluding carboxylic acids is 1. The molecule has 1 amide bonds. The average Bonchev–Trinajstić information content (AvgIpc) is 3.35. The number of benzene rings is 1. The highest BCUT2D eigenvalue weighted by Gasteiger charge is 2.36. The van der Waals surface area contributed by atoms with Gasteiger partial charge in [0.1, 0.15) is 24.4 Å². The Hall–Kier alpha value is -3.13. The quantitative estimate of drug-likeness (QED) is 0.592. The van der Waals surface area contributed by atoms with Gasteiger partial charge >= 0.3 is 6.09 Å². The SMILES string of the molecule is CCc1c[nH]c2ncnc(N3CCC(N)(CNC(=O)OCc4ccccc4)C3)c12. The minimum Gasteiger partial charge on any atom is -0.445 e. The van der Waals surface area contributed by atoms with Gasteiger partial charge in [0.15, 0.2) is 0 Å². The zero-order valence-electron chi connectivity index (χ0n) is 16.5. The third kappa shape index (κ3) is 4.17. The van der Waals surface area contributed by atoms with Crippen molar-refractivity contribution in [1.82, 2.24) is 20.3 Å². The van der Waals surface area contributed by atoms with E-state index in [0.29, 0.717) is 13.1 Å². The Bertz CT molecular complexity index is 989. The molecule has 1 saturated heterocycles. The van der Waals surface area contributed by atoms with Crippen LogP contribution < -0.4 is 16.0 Å². The van der Waals surface area contributed by atoms with E-state index in [4.69, 9.17) is 10.5 Å². The number of amides is 1. The molecule has 1 aromatic carbocycles. The summed E-state index contributed by atoms with van der Waals surface area (Å²) in [4.78, 5) is 26.3. The molecule has 1 aliphatic heterocycles. The van der Waals surface area contributed by atoms with E-state index >= 15 is 0 Å². The number of nitrogens with one attached hydrogen (secondary N) is 2. The first-order valence-electron chi connectivity index (χ1n) is 9.87. The van der Waals surface area contributed by atoms with Crippen LogP contribution in [0.2, 0.25) is 0 Å². The summed E-state index contributed by atoms with van der Waals surface area (Å²) >= 11 is 0. The molecule has 1 atom stereocenters. The van der Waals surface area contributed by atoms with Gasteiger partial charge in [0.25, 0.3) is 0 Å². The predicted molar refractivity (Wildman–Crippen MR) is 112 cm³/mol. The second-order valence-corrected chi connectivity index (χ2v) is 7.54. The standard InChI is InChI=1S/C21H26N6O2/c1-2-16-10-23-18-17(16)19(26-14-25-18)27-9-8-21(22,13-27)12-24-20(28)29-11-15-6-4-3-5-7-15/h3-7,10,14H,2,8-9,11-13,22H2,1H3,(H,24,28)(H,23,25,26). The number of nitrogens with two attached hydrogens (primary N) is 1. The Morgan fingerprint density at radius 3 is 2.97 bits per heavy atom. The maximum Gasteiger partial charge on any atom is 0.407 e. The Balaban J connectivity index is 1.36. The number of hydrogen-bond acceptors (Lipinski definition) is 6. The van der Waals surface area contributed by atoms with Crippen LogP contribution in [0.5, 0.6) is 0 Å². The highest BCUT2D eigenvalue weighted by Crippen LogP contribution is 2.31. The molecule has 0 radical (unpaired) electrons. The van der Waals surface area contributed by atoms with E-state index in [0.717, 1.165) is 41.8 Å². The zero-order valence-corrected chi connectivity index (χ0v) is 16.5. The number of aryl methyl sites for hydroxylation is 1. The number of aromatic amines is 1. The predicted octanol–water partition coefficient (Wildman–Crippen LogP) is 2.35. The summed E-state index contributed by atoms with van der Waals surface area (Å²) in [5.74, 6) is 0.895. The summed E-state index contributed by atoms with van der Waals surface area (Å²) in [7, 11) is 0. The van der Waals surface area contributed by atoms with Crippen LogP contribution in [-0.4, -0.2) is 46.2 Å². The Morgan fingerprint density at radius 1 is 1.34 bits per heavy atom. The molecular weight excluding hydrogens is 368 g/mol. The molecule has 4 rings (SSSR count). The van der Waals surface area contributed by atoms with Crippen molar-refractivity contribution in [3.63, 3.8) is 0 Å². The summed E-state index contributed by atoms with van der Waals surface area (Å²) in [5.41, 5.74) is 9.01. The number of anilines is 1. The van der Waals surface area contributed by atoms with Gasteiger partial charge in [0.2, 0.25) is 0 Å². The largest absolute Gasteiger partial charge is 0.445 e. The highest BCUT2D eigenvalue weighted by molar-refractivity contribution is 5.91. The molecule has 152 valence electrons. The van der Waals surface area contributed by atoms with Gasteiger partial charge in [-0.25, -0.2) is 14.8 Å². The van der Waals surface area contributed by atoms with Crippen molar-refractivity contribution in [3.8, 4) is 0 Å². The van der Waals surface area contributed by atoms with Crippen LogP contribution in [0.4, 0.5) is 10.6 Å². The fraction of sp³-hybridized carbons (Fsp3) is 0.381. The molecule has 3 heterocycles. The molecule has 0 saturated carbocycles. The van der Waals surface area contributed by atoms with Crippen LogP contribution in [0.15, 0.2) is 42.9 Å². The highest BCUT2D eigenvalue weighted by atomic mass is 16.5. The lowest BCUT2D eigenvalue weighted by Crippen LogP contribution is -2.52. The van der Waals surface area contributed by atoms with Gasteiger partial charge in [-0.3, -0.25) is 0 Å². The number of fused-ring (bicyclic) bond motifs is 1. The van der Waals surface area contributed by atoms with Crippen molar-refractivity contribution < 1.29 is 9.53 Å². The summed E-state index contributed by atoms with van der Waals surface area (Å²) in [6, 6.07) is 9.59. The van der Waals surface area contributed by atoms with Gasteiger partial charge in [0, 0.05) is 25.8 Å². The third-order valence-corrected chi connectivity index (χ3v) is 5.39. The summed E-state index contributed by atoms with van der Waals surface area (Å²) in [6.07, 6.45) is 4.75. The number of rotatable bonds is 6. The number of alkyl carbamates (subject to hydrolysis) is 1. The molecule has 1 fully saturated rings. The Morgan fingerprint density at radius 2 is 2.17 bits per heavy atom. The molecule has 0 spiro atoms. The minimum atomic E-state index is -0.536. The second kappa shape index (κ2) is 8.08. The van der Waals surface area contributed by atoms with Crippen LogP contribution >= 0.6 is 0 Å². The molecule has 1 aliphatic rings. The van der Waals surface area contributed by atoms with Crippen molar-refractivity contribution >= 4 is 22.9 Å². The van der Waals surface area contributed by atoms with E-state index in [1.807, 2.05) is 36.5 Å². The van der Waals surface area contributed by atoms with Gasteiger partial charge in [0.05, 0.1) is 10.9 Å². The molecule has 0 aliphatic carbocycles. The zero-order chi connectivity index (χ0) is 20.3.